The predicted octanol–water partition coefficient (Wildman–Crippen LogP) is 4.01. The van der Waals surface area contributed by atoms with Crippen LogP contribution in [0.4, 0.5) is 5.69 Å². The van der Waals surface area contributed by atoms with Crippen LogP contribution in [-0.2, 0) is 16.4 Å². The molecule has 2 aromatic carbocycles. The molecule has 0 aliphatic rings. The lowest BCUT2D eigenvalue weighted by molar-refractivity contribution is 0.424. The van der Waals surface area contributed by atoms with Crippen molar-refractivity contribution in [2.75, 3.05) is 4.72 Å². The Hall–Kier alpha value is -2.60. The van der Waals surface area contributed by atoms with Gasteiger partial charge in [-0.3, -0.25) is 4.72 Å². The van der Waals surface area contributed by atoms with Gasteiger partial charge >= 0.3 is 0 Å². The van der Waals surface area contributed by atoms with Crippen molar-refractivity contribution < 1.29 is 12.9 Å². The van der Waals surface area contributed by atoms with Crippen molar-refractivity contribution in [1.29, 1.82) is 0 Å². The van der Waals surface area contributed by atoms with E-state index >= 15 is 0 Å². The van der Waals surface area contributed by atoms with Crippen molar-refractivity contribution in [3.63, 3.8) is 0 Å². The lowest BCUT2D eigenvalue weighted by atomic mass is 10.1. The minimum atomic E-state index is -3.70. The summed E-state index contributed by atoms with van der Waals surface area (Å²) in [7, 11) is -3.70. The molecular formula is C18H18N2O3S. The molecule has 0 radical (unpaired) electrons. The fourth-order valence-electron chi connectivity index (χ4n) is 2.36. The van der Waals surface area contributed by atoms with Gasteiger partial charge in [0.1, 0.15) is 11.4 Å². The number of hydrogen-bond donors (Lipinski definition) is 1. The van der Waals surface area contributed by atoms with E-state index in [2.05, 4.69) is 9.88 Å². The van der Waals surface area contributed by atoms with E-state index in [1.165, 1.54) is 0 Å². The van der Waals surface area contributed by atoms with Crippen LogP contribution in [0.1, 0.15) is 18.2 Å². The van der Waals surface area contributed by atoms with E-state index in [4.69, 9.17) is 4.52 Å². The highest BCUT2D eigenvalue weighted by Gasteiger charge is 2.22. The smallest absolute Gasteiger partial charge is 0.262 e. The summed E-state index contributed by atoms with van der Waals surface area (Å²) in [6.07, 6.45) is 0.558. The van der Waals surface area contributed by atoms with Crippen LogP contribution >= 0.6 is 0 Å². The van der Waals surface area contributed by atoms with Gasteiger partial charge in [-0.2, -0.15) is 0 Å². The quantitative estimate of drug-likeness (QED) is 0.760. The minimum Gasteiger partial charge on any atom is -0.354 e. The summed E-state index contributed by atoms with van der Waals surface area (Å²) in [6, 6.07) is 15.9. The normalized spacial score (nSPS) is 11.4. The Morgan fingerprint density at radius 1 is 1.04 bits per heavy atom. The van der Waals surface area contributed by atoms with Crippen molar-refractivity contribution in [1.82, 2.24) is 5.16 Å². The number of aromatic nitrogens is 1. The summed E-state index contributed by atoms with van der Waals surface area (Å²) >= 11 is 0. The van der Waals surface area contributed by atoms with Gasteiger partial charge < -0.3 is 4.52 Å². The van der Waals surface area contributed by atoms with Crippen molar-refractivity contribution in [2.24, 2.45) is 0 Å². The molecule has 1 N–H and O–H groups in total. The third-order valence-corrected chi connectivity index (χ3v) is 5.07. The summed E-state index contributed by atoms with van der Waals surface area (Å²) in [5, 5.41) is 4.01. The van der Waals surface area contributed by atoms with Crippen LogP contribution < -0.4 is 4.72 Å². The van der Waals surface area contributed by atoms with E-state index in [1.807, 2.05) is 38.1 Å². The standard InChI is InChI=1S/C18H18N2O3S/c1-3-16-17(20-24(21,22)15-7-5-4-6-8-15)18(23-19-16)14-11-9-13(2)10-12-14/h4-12,20H,3H2,1-2H3. The average molecular weight is 342 g/mol. The fraction of sp³-hybridized carbons (Fsp3) is 0.167. The molecule has 0 amide bonds. The molecule has 0 aliphatic carbocycles. The highest BCUT2D eigenvalue weighted by atomic mass is 32.2. The number of benzene rings is 2. The zero-order valence-corrected chi connectivity index (χ0v) is 14.3. The topological polar surface area (TPSA) is 72.2 Å². The van der Waals surface area contributed by atoms with Crippen LogP contribution in [0.25, 0.3) is 11.3 Å². The molecule has 3 rings (SSSR count). The largest absolute Gasteiger partial charge is 0.354 e. The molecule has 6 heteroatoms. The lowest BCUT2D eigenvalue weighted by Gasteiger charge is -2.09. The molecular weight excluding hydrogens is 324 g/mol. The average Bonchev–Trinajstić information content (AvgIpc) is 2.98. The number of sulfonamides is 1. The van der Waals surface area contributed by atoms with Gasteiger partial charge in [-0.25, -0.2) is 8.42 Å². The third-order valence-electron chi connectivity index (χ3n) is 3.70. The molecule has 1 aromatic heterocycles. The van der Waals surface area contributed by atoms with Gasteiger partial charge in [-0.15, -0.1) is 0 Å². The first-order chi connectivity index (χ1) is 11.5. The monoisotopic (exact) mass is 342 g/mol. The summed E-state index contributed by atoms with van der Waals surface area (Å²) in [5.41, 5.74) is 2.86. The van der Waals surface area contributed by atoms with Gasteiger partial charge in [-0.05, 0) is 25.5 Å². The Labute approximate surface area is 141 Å². The van der Waals surface area contributed by atoms with Crippen molar-refractivity contribution in [2.45, 2.75) is 25.2 Å². The Bertz CT molecular complexity index is 930. The molecule has 1 heterocycles. The van der Waals surface area contributed by atoms with E-state index in [0.29, 0.717) is 23.6 Å². The molecule has 24 heavy (non-hydrogen) atoms. The van der Waals surface area contributed by atoms with Gasteiger partial charge in [0.15, 0.2) is 5.76 Å². The van der Waals surface area contributed by atoms with Gasteiger partial charge in [0.25, 0.3) is 10.0 Å². The van der Waals surface area contributed by atoms with Crippen LogP contribution in [0.2, 0.25) is 0 Å². The van der Waals surface area contributed by atoms with Crippen molar-refractivity contribution in [3.05, 3.63) is 65.9 Å². The zero-order valence-electron chi connectivity index (χ0n) is 13.5. The predicted molar refractivity (Wildman–Crippen MR) is 93.3 cm³/mol. The summed E-state index contributed by atoms with van der Waals surface area (Å²) < 4.78 is 33.3. The van der Waals surface area contributed by atoms with Crippen LogP contribution in [0.15, 0.2) is 64.0 Å². The number of anilines is 1. The molecule has 0 atom stereocenters. The van der Waals surface area contributed by atoms with Crippen molar-refractivity contribution >= 4 is 15.7 Å². The molecule has 0 unspecified atom stereocenters. The summed E-state index contributed by atoms with van der Waals surface area (Å²) in [4.78, 5) is 0.197. The first kappa shape index (κ1) is 16.3. The molecule has 3 aromatic rings. The SMILES string of the molecule is CCc1noc(-c2ccc(C)cc2)c1NS(=O)(=O)c1ccccc1. The van der Waals surface area contributed by atoms with Crippen LogP contribution in [-0.4, -0.2) is 13.6 Å². The van der Waals surface area contributed by atoms with Crippen molar-refractivity contribution in [3.8, 4) is 11.3 Å². The van der Waals surface area contributed by atoms with E-state index in [9.17, 15) is 8.42 Å². The van der Waals surface area contributed by atoms with Gasteiger partial charge in [0.05, 0.1) is 4.90 Å². The van der Waals surface area contributed by atoms with Gasteiger partial charge in [0.2, 0.25) is 0 Å². The molecule has 0 saturated carbocycles. The Balaban J connectivity index is 2.04. The lowest BCUT2D eigenvalue weighted by Crippen LogP contribution is -2.14. The first-order valence-corrected chi connectivity index (χ1v) is 9.13. The second kappa shape index (κ2) is 6.49. The second-order valence-corrected chi connectivity index (χ2v) is 7.15. The van der Waals surface area contributed by atoms with E-state index < -0.39 is 10.0 Å². The van der Waals surface area contributed by atoms with Crippen LogP contribution in [0.5, 0.6) is 0 Å². The maximum atomic E-state index is 12.6. The van der Waals surface area contributed by atoms with Crippen LogP contribution in [0.3, 0.4) is 0 Å². The highest BCUT2D eigenvalue weighted by Crippen LogP contribution is 2.33. The molecule has 0 bridgehead atoms. The minimum absolute atomic E-state index is 0.197. The highest BCUT2D eigenvalue weighted by molar-refractivity contribution is 7.92. The summed E-state index contributed by atoms with van der Waals surface area (Å²) in [6.45, 7) is 3.89. The maximum Gasteiger partial charge on any atom is 0.262 e. The molecule has 0 saturated heterocycles. The van der Waals surface area contributed by atoms with Gasteiger partial charge in [0, 0.05) is 5.56 Å². The molecule has 0 fully saturated rings. The maximum absolute atomic E-state index is 12.6. The Morgan fingerprint density at radius 2 is 1.71 bits per heavy atom. The van der Waals surface area contributed by atoms with Crippen LogP contribution in [0, 0.1) is 6.92 Å². The molecule has 0 spiro atoms. The zero-order chi connectivity index (χ0) is 17.2. The Kier molecular flexibility index (Phi) is 4.40. The molecule has 5 nitrogen and oxygen atoms in total. The number of nitrogens with zero attached hydrogens (tertiary/aromatic N) is 1. The van der Waals surface area contributed by atoms with E-state index in [1.54, 1.807) is 30.3 Å². The van der Waals surface area contributed by atoms with Gasteiger partial charge in [-0.1, -0.05) is 60.1 Å². The number of nitrogens with one attached hydrogen (secondary N) is 1. The Morgan fingerprint density at radius 3 is 2.33 bits per heavy atom. The number of hydrogen-bond acceptors (Lipinski definition) is 4. The fourth-order valence-corrected chi connectivity index (χ4v) is 3.48. The van der Waals surface area contributed by atoms with E-state index in [-0.39, 0.29) is 4.90 Å². The first-order valence-electron chi connectivity index (χ1n) is 7.64. The summed E-state index contributed by atoms with van der Waals surface area (Å²) in [5.74, 6) is 0.423. The number of rotatable bonds is 5. The second-order valence-electron chi connectivity index (χ2n) is 5.47. The third kappa shape index (κ3) is 3.19. The molecule has 124 valence electrons. The van der Waals surface area contributed by atoms with E-state index in [0.717, 1.165) is 11.1 Å². The number of aryl methyl sites for hydroxylation is 2. The molecule has 0 aliphatic heterocycles.